The normalized spacial score (nSPS) is 16.2. The van der Waals surface area contributed by atoms with Gasteiger partial charge in [-0.3, -0.25) is 9.47 Å². The molecule has 1 aromatic carbocycles. The van der Waals surface area contributed by atoms with Gasteiger partial charge in [0.15, 0.2) is 5.58 Å². The highest BCUT2D eigenvalue weighted by Crippen LogP contribution is 2.19. The van der Waals surface area contributed by atoms with Crippen LogP contribution >= 0.6 is 15.9 Å². The highest BCUT2D eigenvalue weighted by atomic mass is 79.9. The van der Waals surface area contributed by atoms with Crippen LogP contribution < -0.4 is 5.76 Å². The molecule has 1 aliphatic rings. The van der Waals surface area contributed by atoms with Crippen LogP contribution in [0.1, 0.15) is 0 Å². The van der Waals surface area contributed by atoms with E-state index < -0.39 is 0 Å². The first-order valence-corrected chi connectivity index (χ1v) is 7.01. The van der Waals surface area contributed by atoms with Gasteiger partial charge in [0.05, 0.1) is 24.8 Å². The average Bonchev–Trinajstić information content (AvgIpc) is 2.60. The largest absolute Gasteiger partial charge is 0.419 e. The predicted octanol–water partition coefficient (Wildman–Crippen LogP) is 1.69. The highest BCUT2D eigenvalue weighted by Gasteiger charge is 2.23. The summed E-state index contributed by atoms with van der Waals surface area (Å²) >= 11 is 3.42. The standard InChI is InChI=1S/C13H15BrN2O3/c1-15(10-7-18-8-10)4-5-16-11-6-9(14)2-3-12(11)19-13(16)17/h2-3,6,10H,4-5,7-8H2,1H3. The summed E-state index contributed by atoms with van der Waals surface area (Å²) in [7, 11) is 2.05. The van der Waals surface area contributed by atoms with Crippen LogP contribution in [0.5, 0.6) is 0 Å². The molecule has 0 radical (unpaired) electrons. The van der Waals surface area contributed by atoms with Crippen LogP contribution in [-0.4, -0.2) is 42.3 Å². The van der Waals surface area contributed by atoms with E-state index in [1.807, 2.05) is 12.1 Å². The molecule has 1 fully saturated rings. The SMILES string of the molecule is CN(CCn1c(=O)oc2ccc(Br)cc21)C1COC1. The van der Waals surface area contributed by atoms with Crippen LogP contribution in [0.3, 0.4) is 0 Å². The molecular weight excluding hydrogens is 312 g/mol. The van der Waals surface area contributed by atoms with Crippen molar-refractivity contribution >= 4 is 27.0 Å². The Balaban J connectivity index is 1.81. The lowest BCUT2D eigenvalue weighted by Crippen LogP contribution is -2.48. The summed E-state index contributed by atoms with van der Waals surface area (Å²) in [5, 5.41) is 0. The molecule has 3 rings (SSSR count). The maximum atomic E-state index is 11.9. The zero-order valence-electron chi connectivity index (χ0n) is 10.6. The third kappa shape index (κ3) is 2.48. The zero-order chi connectivity index (χ0) is 13.4. The third-order valence-corrected chi connectivity index (χ3v) is 4.04. The van der Waals surface area contributed by atoms with E-state index in [0.29, 0.717) is 18.2 Å². The van der Waals surface area contributed by atoms with Gasteiger partial charge < -0.3 is 9.15 Å². The van der Waals surface area contributed by atoms with Crippen molar-refractivity contribution in [2.24, 2.45) is 0 Å². The molecule has 102 valence electrons. The molecule has 0 spiro atoms. The Bertz CT molecular complexity index is 645. The van der Waals surface area contributed by atoms with Crippen molar-refractivity contribution in [2.45, 2.75) is 12.6 Å². The molecular formula is C13H15BrN2O3. The monoisotopic (exact) mass is 326 g/mol. The summed E-state index contributed by atoms with van der Waals surface area (Å²) in [5.74, 6) is -0.300. The number of fused-ring (bicyclic) bond motifs is 1. The summed E-state index contributed by atoms with van der Waals surface area (Å²) in [6.45, 7) is 2.98. The third-order valence-electron chi connectivity index (χ3n) is 3.55. The van der Waals surface area contributed by atoms with Gasteiger partial charge >= 0.3 is 5.76 Å². The van der Waals surface area contributed by atoms with Gasteiger partial charge in [-0.2, -0.15) is 0 Å². The number of rotatable bonds is 4. The van der Waals surface area contributed by atoms with Crippen molar-refractivity contribution in [1.82, 2.24) is 9.47 Å². The minimum absolute atomic E-state index is 0.300. The van der Waals surface area contributed by atoms with Gasteiger partial charge in [-0.05, 0) is 25.2 Å². The number of hydrogen-bond donors (Lipinski definition) is 0. The maximum Gasteiger partial charge on any atom is 0.419 e. The molecule has 1 saturated heterocycles. The summed E-state index contributed by atoms with van der Waals surface area (Å²) < 4.78 is 13.0. The molecule has 0 N–H and O–H groups in total. The molecule has 19 heavy (non-hydrogen) atoms. The second kappa shape index (κ2) is 5.11. The van der Waals surface area contributed by atoms with Crippen LogP contribution in [0.15, 0.2) is 31.9 Å². The Morgan fingerprint density at radius 3 is 2.95 bits per heavy atom. The van der Waals surface area contributed by atoms with Crippen LogP contribution in [0.2, 0.25) is 0 Å². The van der Waals surface area contributed by atoms with Gasteiger partial charge in [0, 0.05) is 17.6 Å². The number of benzene rings is 1. The number of hydrogen-bond acceptors (Lipinski definition) is 4. The fourth-order valence-electron chi connectivity index (χ4n) is 2.17. The van der Waals surface area contributed by atoms with E-state index in [4.69, 9.17) is 9.15 Å². The van der Waals surface area contributed by atoms with Gasteiger partial charge in [-0.1, -0.05) is 15.9 Å². The van der Waals surface area contributed by atoms with Crippen LogP contribution in [0.4, 0.5) is 0 Å². The van der Waals surface area contributed by atoms with Gasteiger partial charge in [0.2, 0.25) is 0 Å². The number of oxazole rings is 1. The summed E-state index contributed by atoms with van der Waals surface area (Å²) in [6, 6.07) is 6.06. The van der Waals surface area contributed by atoms with E-state index in [0.717, 1.165) is 29.7 Å². The highest BCUT2D eigenvalue weighted by molar-refractivity contribution is 9.10. The minimum Gasteiger partial charge on any atom is -0.408 e. The molecule has 0 aliphatic carbocycles. The summed E-state index contributed by atoms with van der Waals surface area (Å²) in [6.07, 6.45) is 0. The molecule has 0 amide bonds. The quantitative estimate of drug-likeness (QED) is 0.857. The van der Waals surface area contributed by atoms with E-state index in [9.17, 15) is 4.79 Å². The van der Waals surface area contributed by atoms with Gasteiger partial charge in [-0.15, -0.1) is 0 Å². The molecule has 0 unspecified atom stereocenters. The van der Waals surface area contributed by atoms with Crippen molar-refractivity contribution < 1.29 is 9.15 Å². The van der Waals surface area contributed by atoms with Crippen molar-refractivity contribution in [3.8, 4) is 0 Å². The topological polar surface area (TPSA) is 47.6 Å². The van der Waals surface area contributed by atoms with E-state index in [1.165, 1.54) is 0 Å². The van der Waals surface area contributed by atoms with Crippen LogP contribution in [0.25, 0.3) is 11.1 Å². The number of halogens is 1. The summed E-state index contributed by atoms with van der Waals surface area (Å²) in [5.41, 5.74) is 1.46. The smallest absolute Gasteiger partial charge is 0.408 e. The Morgan fingerprint density at radius 1 is 1.47 bits per heavy atom. The van der Waals surface area contributed by atoms with Crippen LogP contribution in [-0.2, 0) is 11.3 Å². The Hall–Kier alpha value is -1.11. The Labute approximate surface area is 118 Å². The predicted molar refractivity (Wildman–Crippen MR) is 75.4 cm³/mol. The van der Waals surface area contributed by atoms with E-state index in [1.54, 1.807) is 10.6 Å². The Kier molecular flexibility index (Phi) is 3.47. The van der Waals surface area contributed by atoms with Gasteiger partial charge in [0.25, 0.3) is 0 Å². The molecule has 0 atom stereocenters. The first-order chi connectivity index (χ1) is 9.15. The number of nitrogens with zero attached hydrogens (tertiary/aromatic N) is 2. The minimum atomic E-state index is -0.300. The van der Waals surface area contributed by atoms with Crippen molar-refractivity contribution in [3.05, 3.63) is 33.2 Å². The lowest BCUT2D eigenvalue weighted by atomic mass is 10.2. The number of aromatic nitrogens is 1. The number of ether oxygens (including phenoxy) is 1. The molecule has 0 bridgehead atoms. The number of likely N-dealkylation sites (N-methyl/N-ethyl adjacent to an activating group) is 1. The van der Waals surface area contributed by atoms with Crippen molar-refractivity contribution in [3.63, 3.8) is 0 Å². The zero-order valence-corrected chi connectivity index (χ0v) is 12.2. The van der Waals surface area contributed by atoms with E-state index in [2.05, 4.69) is 27.9 Å². The molecule has 2 aromatic rings. The first kappa shape index (κ1) is 12.9. The van der Waals surface area contributed by atoms with Gasteiger partial charge in [0.1, 0.15) is 0 Å². The van der Waals surface area contributed by atoms with E-state index in [-0.39, 0.29) is 5.76 Å². The molecule has 0 saturated carbocycles. The van der Waals surface area contributed by atoms with Crippen molar-refractivity contribution in [2.75, 3.05) is 26.8 Å². The molecule has 5 nitrogen and oxygen atoms in total. The van der Waals surface area contributed by atoms with Crippen LogP contribution in [0, 0.1) is 0 Å². The first-order valence-electron chi connectivity index (χ1n) is 6.22. The average molecular weight is 327 g/mol. The summed E-state index contributed by atoms with van der Waals surface area (Å²) in [4.78, 5) is 14.1. The molecule has 6 heteroatoms. The van der Waals surface area contributed by atoms with Gasteiger partial charge in [-0.25, -0.2) is 4.79 Å². The molecule has 2 heterocycles. The van der Waals surface area contributed by atoms with E-state index >= 15 is 0 Å². The fraction of sp³-hybridized carbons (Fsp3) is 0.462. The fourth-order valence-corrected chi connectivity index (χ4v) is 2.51. The molecule has 1 aromatic heterocycles. The maximum absolute atomic E-state index is 11.9. The second-order valence-corrected chi connectivity index (χ2v) is 5.72. The van der Waals surface area contributed by atoms with Crippen molar-refractivity contribution in [1.29, 1.82) is 0 Å². The Morgan fingerprint density at radius 2 is 2.26 bits per heavy atom. The lowest BCUT2D eigenvalue weighted by Gasteiger charge is -2.34. The lowest BCUT2D eigenvalue weighted by molar-refractivity contribution is -0.0566. The second-order valence-electron chi connectivity index (χ2n) is 4.80. The molecule has 1 aliphatic heterocycles.